The van der Waals surface area contributed by atoms with E-state index >= 15 is 0 Å². The van der Waals surface area contributed by atoms with Crippen molar-refractivity contribution in [3.63, 3.8) is 0 Å². The molecular formula is C15H29NO3. The number of hydrogen-bond acceptors (Lipinski definition) is 3. The number of amides is 1. The fraction of sp³-hybridized carbons (Fsp3) is 0.933. The first-order chi connectivity index (χ1) is 8.74. The molecule has 0 bridgehead atoms. The first kappa shape index (κ1) is 16.3. The van der Waals surface area contributed by atoms with Crippen LogP contribution in [0.4, 0.5) is 4.79 Å². The Balaban J connectivity index is 2.70. The molecule has 0 radical (unpaired) electrons. The quantitative estimate of drug-likeness (QED) is 0.839. The van der Waals surface area contributed by atoms with Gasteiger partial charge in [-0.15, -0.1) is 0 Å². The van der Waals surface area contributed by atoms with E-state index in [4.69, 9.17) is 4.74 Å². The zero-order chi connectivity index (χ0) is 14.6. The van der Waals surface area contributed by atoms with E-state index in [2.05, 4.69) is 6.92 Å². The number of aliphatic hydroxyl groups excluding tert-OH is 1. The molecule has 3 atom stereocenters. The fourth-order valence-corrected chi connectivity index (χ4v) is 2.62. The SMILES string of the molecule is CCCC1CC[C@@H](C)N(C(=O)OC(C)(C)C)CC1O. The van der Waals surface area contributed by atoms with Gasteiger partial charge < -0.3 is 14.7 Å². The van der Waals surface area contributed by atoms with Crippen molar-refractivity contribution in [2.24, 2.45) is 5.92 Å². The maximum absolute atomic E-state index is 12.2. The average molecular weight is 271 g/mol. The van der Waals surface area contributed by atoms with Gasteiger partial charge in [-0.05, 0) is 52.9 Å². The monoisotopic (exact) mass is 271 g/mol. The summed E-state index contributed by atoms with van der Waals surface area (Å²) in [6, 6.07) is 0.131. The van der Waals surface area contributed by atoms with E-state index in [-0.39, 0.29) is 12.1 Å². The molecule has 1 aliphatic rings. The second-order valence-corrected chi connectivity index (χ2v) is 6.68. The maximum atomic E-state index is 12.2. The highest BCUT2D eigenvalue weighted by Crippen LogP contribution is 2.26. The van der Waals surface area contributed by atoms with E-state index in [0.717, 1.165) is 25.7 Å². The van der Waals surface area contributed by atoms with E-state index in [1.165, 1.54) is 0 Å². The molecule has 1 fully saturated rings. The first-order valence-electron chi connectivity index (χ1n) is 7.42. The smallest absolute Gasteiger partial charge is 0.410 e. The summed E-state index contributed by atoms with van der Waals surface area (Å²) in [4.78, 5) is 13.9. The Morgan fingerprint density at radius 3 is 2.53 bits per heavy atom. The second kappa shape index (κ2) is 6.60. The number of carbonyl (C=O) groups is 1. The Kier molecular flexibility index (Phi) is 5.65. The van der Waals surface area contributed by atoms with Crippen LogP contribution in [0.2, 0.25) is 0 Å². The standard InChI is InChI=1S/C15H29NO3/c1-6-7-12-9-8-11(2)16(10-13(12)17)14(18)19-15(3,4)5/h11-13,17H,6-10H2,1-5H3/t11-,12?,13?/m1/s1. The molecule has 1 rings (SSSR count). The van der Waals surface area contributed by atoms with Crippen molar-refractivity contribution in [2.45, 2.75) is 78.0 Å². The third-order valence-electron chi connectivity index (χ3n) is 3.70. The van der Waals surface area contributed by atoms with Crippen LogP contribution in [0.15, 0.2) is 0 Å². The Morgan fingerprint density at radius 2 is 2.00 bits per heavy atom. The summed E-state index contributed by atoms with van der Waals surface area (Å²) in [5, 5.41) is 10.3. The van der Waals surface area contributed by atoms with Crippen molar-refractivity contribution in [3.8, 4) is 0 Å². The molecule has 1 aliphatic heterocycles. The Hall–Kier alpha value is -0.770. The maximum Gasteiger partial charge on any atom is 0.410 e. The fourth-order valence-electron chi connectivity index (χ4n) is 2.62. The lowest BCUT2D eigenvalue weighted by atomic mass is 9.92. The van der Waals surface area contributed by atoms with Crippen LogP contribution < -0.4 is 0 Å². The van der Waals surface area contributed by atoms with Gasteiger partial charge >= 0.3 is 6.09 Å². The van der Waals surface area contributed by atoms with Crippen LogP contribution in [0.5, 0.6) is 0 Å². The molecule has 0 aromatic carbocycles. The highest BCUT2D eigenvalue weighted by molar-refractivity contribution is 5.68. The molecule has 1 N–H and O–H groups in total. The second-order valence-electron chi connectivity index (χ2n) is 6.68. The van der Waals surface area contributed by atoms with Crippen molar-refractivity contribution in [3.05, 3.63) is 0 Å². The van der Waals surface area contributed by atoms with E-state index in [1.807, 2.05) is 27.7 Å². The summed E-state index contributed by atoms with van der Waals surface area (Å²) in [6.45, 7) is 10.1. The van der Waals surface area contributed by atoms with Gasteiger partial charge in [-0.3, -0.25) is 0 Å². The first-order valence-corrected chi connectivity index (χ1v) is 7.42. The van der Waals surface area contributed by atoms with Crippen LogP contribution in [0.1, 0.15) is 60.3 Å². The Labute approximate surface area is 117 Å². The summed E-state index contributed by atoms with van der Waals surface area (Å²) >= 11 is 0. The summed E-state index contributed by atoms with van der Waals surface area (Å²) in [5.41, 5.74) is -0.489. The summed E-state index contributed by atoms with van der Waals surface area (Å²) in [5.74, 6) is 0.305. The van der Waals surface area contributed by atoms with Gasteiger partial charge in [-0.1, -0.05) is 13.3 Å². The summed E-state index contributed by atoms with van der Waals surface area (Å²) < 4.78 is 5.42. The summed E-state index contributed by atoms with van der Waals surface area (Å²) in [7, 11) is 0. The molecule has 2 unspecified atom stereocenters. The van der Waals surface area contributed by atoms with E-state index in [9.17, 15) is 9.90 Å². The number of hydrogen-bond donors (Lipinski definition) is 1. The van der Waals surface area contributed by atoms with Crippen molar-refractivity contribution >= 4 is 6.09 Å². The lowest BCUT2D eigenvalue weighted by Gasteiger charge is -2.31. The van der Waals surface area contributed by atoms with Gasteiger partial charge in [0.1, 0.15) is 5.60 Å². The van der Waals surface area contributed by atoms with Gasteiger partial charge in [0.2, 0.25) is 0 Å². The molecule has 1 amide bonds. The molecule has 0 spiro atoms. The molecule has 4 nitrogen and oxygen atoms in total. The van der Waals surface area contributed by atoms with Gasteiger partial charge in [0, 0.05) is 6.04 Å². The molecule has 4 heteroatoms. The third-order valence-corrected chi connectivity index (χ3v) is 3.70. The predicted molar refractivity (Wildman–Crippen MR) is 76.0 cm³/mol. The van der Waals surface area contributed by atoms with Gasteiger partial charge in [0.15, 0.2) is 0 Å². The number of ether oxygens (including phenoxy) is 1. The largest absolute Gasteiger partial charge is 0.444 e. The van der Waals surface area contributed by atoms with Crippen LogP contribution in [-0.2, 0) is 4.74 Å². The zero-order valence-corrected chi connectivity index (χ0v) is 13.0. The van der Waals surface area contributed by atoms with Gasteiger partial charge in [0.05, 0.1) is 12.6 Å². The molecular weight excluding hydrogens is 242 g/mol. The Bertz CT molecular complexity index is 298. The van der Waals surface area contributed by atoms with Crippen molar-refractivity contribution in [2.75, 3.05) is 6.54 Å². The lowest BCUT2D eigenvalue weighted by Crippen LogP contribution is -2.45. The predicted octanol–water partition coefficient (Wildman–Crippen LogP) is 3.18. The third kappa shape index (κ3) is 5.01. The van der Waals surface area contributed by atoms with Crippen LogP contribution in [0.3, 0.4) is 0 Å². The van der Waals surface area contributed by atoms with E-state index in [0.29, 0.717) is 12.5 Å². The van der Waals surface area contributed by atoms with E-state index < -0.39 is 11.7 Å². The van der Waals surface area contributed by atoms with Crippen LogP contribution >= 0.6 is 0 Å². The van der Waals surface area contributed by atoms with E-state index in [1.54, 1.807) is 4.90 Å². The Morgan fingerprint density at radius 1 is 1.37 bits per heavy atom. The minimum absolute atomic E-state index is 0.131. The highest BCUT2D eigenvalue weighted by atomic mass is 16.6. The molecule has 112 valence electrons. The minimum Gasteiger partial charge on any atom is -0.444 e. The number of rotatable bonds is 2. The number of β-amino-alcohol motifs (C(OH)–C–C–N with tert-alkyl or cyclic N) is 1. The number of nitrogens with zero attached hydrogens (tertiary/aromatic N) is 1. The normalized spacial score (nSPS) is 28.9. The van der Waals surface area contributed by atoms with Crippen molar-refractivity contribution in [1.82, 2.24) is 4.90 Å². The minimum atomic E-state index is -0.489. The van der Waals surface area contributed by atoms with Gasteiger partial charge in [-0.25, -0.2) is 4.79 Å². The van der Waals surface area contributed by atoms with Crippen LogP contribution in [-0.4, -0.2) is 40.4 Å². The molecule has 0 aromatic heterocycles. The number of aliphatic hydroxyl groups is 1. The molecule has 0 saturated carbocycles. The molecule has 0 aromatic rings. The topological polar surface area (TPSA) is 49.8 Å². The number of carbonyl (C=O) groups excluding carboxylic acids is 1. The van der Waals surface area contributed by atoms with Crippen molar-refractivity contribution < 1.29 is 14.6 Å². The zero-order valence-electron chi connectivity index (χ0n) is 13.0. The molecule has 1 heterocycles. The average Bonchev–Trinajstić information content (AvgIpc) is 2.40. The molecule has 0 aliphatic carbocycles. The molecule has 19 heavy (non-hydrogen) atoms. The van der Waals surface area contributed by atoms with Crippen molar-refractivity contribution in [1.29, 1.82) is 0 Å². The van der Waals surface area contributed by atoms with Crippen LogP contribution in [0, 0.1) is 5.92 Å². The molecule has 1 saturated heterocycles. The number of likely N-dealkylation sites (tertiary alicyclic amines) is 1. The highest BCUT2D eigenvalue weighted by Gasteiger charge is 2.33. The van der Waals surface area contributed by atoms with Gasteiger partial charge in [-0.2, -0.15) is 0 Å². The lowest BCUT2D eigenvalue weighted by molar-refractivity contribution is 0.00499. The van der Waals surface area contributed by atoms with Gasteiger partial charge in [0.25, 0.3) is 0 Å². The summed E-state index contributed by atoms with van der Waals surface area (Å²) in [6.07, 6.45) is 3.27. The van der Waals surface area contributed by atoms with Crippen LogP contribution in [0.25, 0.3) is 0 Å².